The van der Waals surface area contributed by atoms with Crippen molar-refractivity contribution in [3.63, 3.8) is 0 Å². The lowest BCUT2D eigenvalue weighted by Gasteiger charge is -2.00. The number of benzene rings is 1. The van der Waals surface area contributed by atoms with Crippen LogP contribution in [0.3, 0.4) is 0 Å². The molecule has 0 saturated carbocycles. The van der Waals surface area contributed by atoms with Gasteiger partial charge in [-0.1, -0.05) is 0 Å². The minimum absolute atomic E-state index is 0.252. The highest BCUT2D eigenvalue weighted by Gasteiger charge is 2.18. The standard InChI is InChI=1S/C7H6BrNO2/c8-4-1-2-5(9)7-6(4)10-3-11-7/h1-2H,3,9H2. The maximum Gasteiger partial charge on any atom is 0.231 e. The second-order valence-electron chi connectivity index (χ2n) is 2.20. The van der Waals surface area contributed by atoms with Gasteiger partial charge in [0.05, 0.1) is 10.2 Å². The number of rotatable bonds is 0. The summed E-state index contributed by atoms with van der Waals surface area (Å²) < 4.78 is 11.2. The molecule has 0 unspecified atom stereocenters. The van der Waals surface area contributed by atoms with Gasteiger partial charge in [-0.25, -0.2) is 0 Å². The van der Waals surface area contributed by atoms with Crippen LogP contribution in [0.4, 0.5) is 5.69 Å². The third kappa shape index (κ3) is 0.939. The van der Waals surface area contributed by atoms with Gasteiger partial charge in [0, 0.05) is 0 Å². The van der Waals surface area contributed by atoms with Crippen molar-refractivity contribution in [2.75, 3.05) is 12.5 Å². The van der Waals surface area contributed by atoms with Crippen molar-refractivity contribution >= 4 is 21.6 Å². The molecule has 0 radical (unpaired) electrons. The number of halogens is 1. The van der Waals surface area contributed by atoms with Crippen LogP contribution in [0.5, 0.6) is 11.5 Å². The van der Waals surface area contributed by atoms with Gasteiger partial charge in [0.25, 0.3) is 0 Å². The van der Waals surface area contributed by atoms with Crippen LogP contribution >= 0.6 is 15.9 Å². The summed E-state index contributed by atoms with van der Waals surface area (Å²) in [6, 6.07) is 3.61. The summed E-state index contributed by atoms with van der Waals surface area (Å²) in [5.74, 6) is 1.34. The Labute approximate surface area is 72.2 Å². The van der Waals surface area contributed by atoms with Crippen LogP contribution in [0.15, 0.2) is 16.6 Å². The minimum Gasteiger partial charge on any atom is -0.452 e. The lowest BCUT2D eigenvalue weighted by atomic mass is 10.3. The highest BCUT2D eigenvalue weighted by molar-refractivity contribution is 9.10. The van der Waals surface area contributed by atoms with Gasteiger partial charge >= 0.3 is 0 Å². The molecule has 0 spiro atoms. The van der Waals surface area contributed by atoms with E-state index in [-0.39, 0.29) is 6.79 Å². The van der Waals surface area contributed by atoms with E-state index in [0.717, 1.165) is 4.47 Å². The Balaban J connectivity index is 2.64. The van der Waals surface area contributed by atoms with Gasteiger partial charge < -0.3 is 15.2 Å². The molecule has 2 rings (SSSR count). The van der Waals surface area contributed by atoms with E-state index in [1.54, 1.807) is 6.07 Å². The summed E-state index contributed by atoms with van der Waals surface area (Å²) in [6.07, 6.45) is 0. The van der Waals surface area contributed by atoms with Gasteiger partial charge in [0.15, 0.2) is 11.5 Å². The lowest BCUT2D eigenvalue weighted by molar-refractivity contribution is 0.174. The van der Waals surface area contributed by atoms with E-state index in [4.69, 9.17) is 15.2 Å². The van der Waals surface area contributed by atoms with Crippen molar-refractivity contribution < 1.29 is 9.47 Å². The number of fused-ring (bicyclic) bond motifs is 1. The minimum atomic E-state index is 0.252. The van der Waals surface area contributed by atoms with Gasteiger partial charge in [-0.3, -0.25) is 0 Å². The molecular weight excluding hydrogens is 210 g/mol. The van der Waals surface area contributed by atoms with Crippen molar-refractivity contribution in [2.24, 2.45) is 0 Å². The van der Waals surface area contributed by atoms with Crippen LogP contribution in [0.25, 0.3) is 0 Å². The summed E-state index contributed by atoms with van der Waals surface area (Å²) in [7, 11) is 0. The third-order valence-electron chi connectivity index (χ3n) is 1.50. The largest absolute Gasteiger partial charge is 0.452 e. The van der Waals surface area contributed by atoms with Crippen LogP contribution < -0.4 is 15.2 Å². The highest BCUT2D eigenvalue weighted by atomic mass is 79.9. The van der Waals surface area contributed by atoms with Crippen molar-refractivity contribution in [1.82, 2.24) is 0 Å². The summed E-state index contributed by atoms with van der Waals surface area (Å²) in [4.78, 5) is 0. The number of anilines is 1. The van der Waals surface area contributed by atoms with E-state index in [2.05, 4.69) is 15.9 Å². The average Bonchev–Trinajstić information content (AvgIpc) is 2.45. The summed E-state index contributed by atoms with van der Waals surface area (Å²) in [6.45, 7) is 0.252. The van der Waals surface area contributed by atoms with E-state index in [9.17, 15) is 0 Å². The first-order chi connectivity index (χ1) is 5.29. The monoisotopic (exact) mass is 215 g/mol. The van der Waals surface area contributed by atoms with Crippen LogP contribution in [0.1, 0.15) is 0 Å². The van der Waals surface area contributed by atoms with Crippen LogP contribution in [-0.4, -0.2) is 6.79 Å². The molecule has 1 aromatic rings. The Morgan fingerprint density at radius 2 is 2.00 bits per heavy atom. The zero-order valence-electron chi connectivity index (χ0n) is 5.63. The molecule has 58 valence electrons. The predicted molar refractivity (Wildman–Crippen MR) is 44.7 cm³/mol. The maximum absolute atomic E-state index is 5.61. The quantitative estimate of drug-likeness (QED) is 0.672. The first-order valence-electron chi connectivity index (χ1n) is 3.12. The average molecular weight is 216 g/mol. The Bertz CT molecular complexity index is 272. The lowest BCUT2D eigenvalue weighted by Crippen LogP contribution is -1.94. The molecule has 0 bridgehead atoms. The van der Waals surface area contributed by atoms with E-state index in [0.29, 0.717) is 17.2 Å². The molecular formula is C7H6BrNO2. The van der Waals surface area contributed by atoms with Gasteiger partial charge in [-0.05, 0) is 28.1 Å². The smallest absolute Gasteiger partial charge is 0.231 e. The summed E-state index contributed by atoms with van der Waals surface area (Å²) >= 11 is 3.32. The Kier molecular flexibility index (Phi) is 1.42. The highest BCUT2D eigenvalue weighted by Crippen LogP contribution is 2.42. The topological polar surface area (TPSA) is 44.5 Å². The van der Waals surface area contributed by atoms with E-state index < -0.39 is 0 Å². The van der Waals surface area contributed by atoms with Crippen molar-refractivity contribution in [3.05, 3.63) is 16.6 Å². The first-order valence-corrected chi connectivity index (χ1v) is 3.92. The first kappa shape index (κ1) is 6.79. The van der Waals surface area contributed by atoms with E-state index >= 15 is 0 Å². The predicted octanol–water partition coefficient (Wildman–Crippen LogP) is 1.76. The van der Waals surface area contributed by atoms with Crippen molar-refractivity contribution in [3.8, 4) is 11.5 Å². The number of nitrogen functional groups attached to an aromatic ring is 1. The van der Waals surface area contributed by atoms with Crippen molar-refractivity contribution in [2.45, 2.75) is 0 Å². The number of hydrogen-bond acceptors (Lipinski definition) is 3. The molecule has 1 aromatic carbocycles. The molecule has 1 heterocycles. The molecule has 0 fully saturated rings. The molecule has 2 N–H and O–H groups in total. The van der Waals surface area contributed by atoms with Crippen LogP contribution in [0.2, 0.25) is 0 Å². The third-order valence-corrected chi connectivity index (χ3v) is 2.13. The zero-order valence-corrected chi connectivity index (χ0v) is 7.22. The molecule has 3 nitrogen and oxygen atoms in total. The second-order valence-corrected chi connectivity index (χ2v) is 3.06. The Morgan fingerprint density at radius 1 is 1.27 bits per heavy atom. The summed E-state index contributed by atoms with van der Waals surface area (Å²) in [5.41, 5.74) is 6.23. The molecule has 0 aromatic heterocycles. The van der Waals surface area contributed by atoms with Crippen LogP contribution in [0, 0.1) is 0 Å². The number of hydrogen-bond donors (Lipinski definition) is 1. The van der Waals surface area contributed by atoms with Crippen molar-refractivity contribution in [1.29, 1.82) is 0 Å². The summed E-state index contributed by atoms with van der Waals surface area (Å²) in [5, 5.41) is 0. The van der Waals surface area contributed by atoms with Gasteiger partial charge in [0.1, 0.15) is 0 Å². The van der Waals surface area contributed by atoms with E-state index in [1.165, 1.54) is 0 Å². The zero-order chi connectivity index (χ0) is 7.84. The Hall–Kier alpha value is -0.900. The number of nitrogens with two attached hydrogens (primary N) is 1. The Morgan fingerprint density at radius 3 is 2.73 bits per heavy atom. The fourth-order valence-electron chi connectivity index (χ4n) is 0.985. The molecule has 4 heteroatoms. The SMILES string of the molecule is Nc1ccc(Br)c2c1OCO2. The molecule has 0 aliphatic carbocycles. The van der Waals surface area contributed by atoms with Gasteiger partial charge in [0.2, 0.25) is 6.79 Å². The van der Waals surface area contributed by atoms with Gasteiger partial charge in [-0.2, -0.15) is 0 Å². The molecule has 1 aliphatic heterocycles. The molecule has 0 amide bonds. The molecule has 1 aliphatic rings. The fraction of sp³-hybridized carbons (Fsp3) is 0.143. The van der Waals surface area contributed by atoms with Crippen LogP contribution in [-0.2, 0) is 0 Å². The normalized spacial score (nSPS) is 13.5. The molecule has 0 saturated heterocycles. The van der Waals surface area contributed by atoms with E-state index in [1.807, 2.05) is 6.07 Å². The molecule has 11 heavy (non-hydrogen) atoms. The maximum atomic E-state index is 5.61. The molecule has 0 atom stereocenters. The number of ether oxygens (including phenoxy) is 2. The fourth-order valence-corrected chi connectivity index (χ4v) is 1.41. The second kappa shape index (κ2) is 2.30. The van der Waals surface area contributed by atoms with Gasteiger partial charge in [-0.15, -0.1) is 0 Å².